The molecular formula is C23H19BrN2O5. The third-order valence-corrected chi connectivity index (χ3v) is 4.72. The first-order valence-corrected chi connectivity index (χ1v) is 9.92. The van der Waals surface area contributed by atoms with Gasteiger partial charge in [-0.2, -0.15) is 5.10 Å². The van der Waals surface area contributed by atoms with Gasteiger partial charge in [-0.25, -0.2) is 10.2 Å². The Morgan fingerprint density at radius 2 is 1.52 bits per heavy atom. The van der Waals surface area contributed by atoms with Crippen molar-refractivity contribution in [3.63, 3.8) is 0 Å². The Hall–Kier alpha value is -3.65. The summed E-state index contributed by atoms with van der Waals surface area (Å²) in [6, 6.07) is 18.4. The molecule has 1 N–H and O–H groups in total. The van der Waals surface area contributed by atoms with Crippen LogP contribution in [0.15, 0.2) is 76.3 Å². The van der Waals surface area contributed by atoms with Gasteiger partial charge >= 0.3 is 5.97 Å². The number of hydrogen-bond donors (Lipinski definition) is 1. The van der Waals surface area contributed by atoms with E-state index in [1.807, 2.05) is 0 Å². The summed E-state index contributed by atoms with van der Waals surface area (Å²) in [4.78, 5) is 24.4. The normalized spacial score (nSPS) is 10.5. The third kappa shape index (κ3) is 5.93. The van der Waals surface area contributed by atoms with Crippen molar-refractivity contribution in [1.82, 2.24) is 5.43 Å². The Labute approximate surface area is 187 Å². The van der Waals surface area contributed by atoms with Gasteiger partial charge in [0, 0.05) is 10.0 Å². The number of amides is 1. The SMILES string of the molecule is COc1ccc(C(=O)Oc2ccc(/C=N/NC(=O)c3ccc(Br)cc3)cc2)cc1OC. The van der Waals surface area contributed by atoms with Gasteiger partial charge in [-0.1, -0.05) is 15.9 Å². The van der Waals surface area contributed by atoms with Gasteiger partial charge in [0.25, 0.3) is 5.91 Å². The van der Waals surface area contributed by atoms with Crippen LogP contribution < -0.4 is 19.6 Å². The van der Waals surface area contributed by atoms with Crippen LogP contribution in [0.25, 0.3) is 0 Å². The average Bonchev–Trinajstić information content (AvgIpc) is 2.80. The summed E-state index contributed by atoms with van der Waals surface area (Å²) in [5.41, 5.74) is 4.02. The molecule has 0 spiro atoms. The predicted molar refractivity (Wildman–Crippen MR) is 120 cm³/mol. The molecular weight excluding hydrogens is 464 g/mol. The molecule has 3 rings (SSSR count). The smallest absolute Gasteiger partial charge is 0.343 e. The van der Waals surface area contributed by atoms with Crippen molar-refractivity contribution in [3.8, 4) is 17.2 Å². The average molecular weight is 483 g/mol. The standard InChI is InChI=1S/C23H19BrN2O5/c1-29-20-12-7-17(13-21(20)30-2)23(28)31-19-10-3-15(4-11-19)14-25-26-22(27)16-5-8-18(24)9-6-16/h3-14H,1-2H3,(H,26,27)/b25-14+. The van der Waals surface area contributed by atoms with Gasteiger partial charge in [-0.15, -0.1) is 0 Å². The number of carbonyl (C=O) groups excluding carboxylic acids is 2. The van der Waals surface area contributed by atoms with Gasteiger partial charge in [0.1, 0.15) is 5.75 Å². The number of methoxy groups -OCH3 is 2. The van der Waals surface area contributed by atoms with Crippen LogP contribution in [0.3, 0.4) is 0 Å². The van der Waals surface area contributed by atoms with Crippen LogP contribution in [0.2, 0.25) is 0 Å². The highest BCUT2D eigenvalue weighted by atomic mass is 79.9. The highest BCUT2D eigenvalue weighted by Gasteiger charge is 2.13. The summed E-state index contributed by atoms with van der Waals surface area (Å²) >= 11 is 3.32. The second kappa shape index (κ2) is 10.4. The Balaban J connectivity index is 1.58. The molecule has 0 aliphatic heterocycles. The summed E-state index contributed by atoms with van der Waals surface area (Å²) in [6.45, 7) is 0. The number of ether oxygens (including phenoxy) is 3. The van der Waals surface area contributed by atoms with E-state index in [1.54, 1.807) is 66.7 Å². The number of carbonyl (C=O) groups is 2. The van der Waals surface area contributed by atoms with Gasteiger partial charge in [0.2, 0.25) is 0 Å². The van der Waals surface area contributed by atoms with Crippen LogP contribution in [0.5, 0.6) is 17.2 Å². The summed E-state index contributed by atoms with van der Waals surface area (Å²) in [6.07, 6.45) is 1.50. The lowest BCUT2D eigenvalue weighted by atomic mass is 10.2. The summed E-state index contributed by atoms with van der Waals surface area (Å²) in [5.74, 6) is 0.493. The maximum atomic E-state index is 12.4. The molecule has 0 aromatic heterocycles. The van der Waals surface area contributed by atoms with Gasteiger partial charge in [-0.3, -0.25) is 4.79 Å². The predicted octanol–water partition coefficient (Wildman–Crippen LogP) is 4.45. The molecule has 0 unspecified atom stereocenters. The number of halogens is 1. The number of hydrogen-bond acceptors (Lipinski definition) is 6. The number of hydrazone groups is 1. The minimum absolute atomic E-state index is 0.316. The lowest BCUT2D eigenvalue weighted by Crippen LogP contribution is -2.17. The van der Waals surface area contributed by atoms with E-state index in [0.717, 1.165) is 10.0 Å². The van der Waals surface area contributed by atoms with Crippen LogP contribution in [0, 0.1) is 0 Å². The third-order valence-electron chi connectivity index (χ3n) is 4.20. The highest BCUT2D eigenvalue weighted by Crippen LogP contribution is 2.28. The van der Waals surface area contributed by atoms with Crippen LogP contribution in [0.4, 0.5) is 0 Å². The van der Waals surface area contributed by atoms with Crippen molar-refractivity contribution in [1.29, 1.82) is 0 Å². The molecule has 0 saturated heterocycles. The largest absolute Gasteiger partial charge is 0.493 e. The number of nitrogens with zero attached hydrogens (tertiary/aromatic N) is 1. The van der Waals surface area contributed by atoms with E-state index in [1.165, 1.54) is 20.4 Å². The molecule has 0 saturated carbocycles. The molecule has 3 aromatic carbocycles. The maximum absolute atomic E-state index is 12.4. The number of benzene rings is 3. The minimum Gasteiger partial charge on any atom is -0.493 e. The second-order valence-corrected chi connectivity index (χ2v) is 7.15. The molecule has 158 valence electrons. The first-order chi connectivity index (χ1) is 15.0. The van der Waals surface area contributed by atoms with Gasteiger partial charge < -0.3 is 14.2 Å². The van der Waals surface area contributed by atoms with Gasteiger partial charge in [0.15, 0.2) is 11.5 Å². The molecule has 0 aliphatic rings. The van der Waals surface area contributed by atoms with E-state index in [9.17, 15) is 9.59 Å². The maximum Gasteiger partial charge on any atom is 0.343 e. The molecule has 0 fully saturated rings. The fourth-order valence-electron chi connectivity index (χ4n) is 2.58. The fourth-order valence-corrected chi connectivity index (χ4v) is 2.85. The zero-order valence-electron chi connectivity index (χ0n) is 16.8. The number of nitrogens with one attached hydrogen (secondary N) is 1. The van der Waals surface area contributed by atoms with E-state index in [-0.39, 0.29) is 5.91 Å². The molecule has 0 bridgehead atoms. The second-order valence-electron chi connectivity index (χ2n) is 6.23. The van der Waals surface area contributed by atoms with E-state index < -0.39 is 5.97 Å². The van der Waals surface area contributed by atoms with E-state index in [0.29, 0.717) is 28.4 Å². The van der Waals surface area contributed by atoms with Crippen LogP contribution in [0.1, 0.15) is 26.3 Å². The Morgan fingerprint density at radius 3 is 2.16 bits per heavy atom. The quantitative estimate of drug-likeness (QED) is 0.232. The Bertz CT molecular complexity index is 1100. The molecule has 8 heteroatoms. The van der Waals surface area contributed by atoms with Crippen molar-refractivity contribution in [3.05, 3.63) is 87.9 Å². The van der Waals surface area contributed by atoms with Crippen molar-refractivity contribution < 1.29 is 23.8 Å². The first-order valence-electron chi connectivity index (χ1n) is 9.13. The molecule has 1 amide bonds. The zero-order chi connectivity index (χ0) is 22.2. The van der Waals surface area contributed by atoms with Crippen LogP contribution >= 0.6 is 15.9 Å². The van der Waals surface area contributed by atoms with E-state index in [4.69, 9.17) is 14.2 Å². The summed E-state index contributed by atoms with van der Waals surface area (Å²) in [7, 11) is 3.02. The molecule has 3 aromatic rings. The number of rotatable bonds is 7. The van der Waals surface area contributed by atoms with Crippen molar-refractivity contribution in [2.75, 3.05) is 14.2 Å². The highest BCUT2D eigenvalue weighted by molar-refractivity contribution is 9.10. The molecule has 0 aliphatic carbocycles. The Kier molecular flexibility index (Phi) is 7.40. The van der Waals surface area contributed by atoms with Crippen LogP contribution in [-0.4, -0.2) is 32.3 Å². The molecule has 31 heavy (non-hydrogen) atoms. The molecule has 0 atom stereocenters. The van der Waals surface area contributed by atoms with Gasteiger partial charge in [0.05, 0.1) is 26.0 Å². The first kappa shape index (κ1) is 22.0. The zero-order valence-corrected chi connectivity index (χ0v) is 18.4. The van der Waals surface area contributed by atoms with Crippen LogP contribution in [-0.2, 0) is 0 Å². The van der Waals surface area contributed by atoms with E-state index in [2.05, 4.69) is 26.5 Å². The monoisotopic (exact) mass is 482 g/mol. The van der Waals surface area contributed by atoms with E-state index >= 15 is 0 Å². The number of esters is 1. The summed E-state index contributed by atoms with van der Waals surface area (Å²) < 4.78 is 16.6. The Morgan fingerprint density at radius 1 is 0.871 bits per heavy atom. The van der Waals surface area contributed by atoms with Crippen molar-refractivity contribution in [2.45, 2.75) is 0 Å². The molecule has 7 nitrogen and oxygen atoms in total. The topological polar surface area (TPSA) is 86.2 Å². The lowest BCUT2D eigenvalue weighted by molar-refractivity contribution is 0.0734. The molecule has 0 heterocycles. The van der Waals surface area contributed by atoms with Crippen molar-refractivity contribution >= 4 is 34.0 Å². The molecule has 0 radical (unpaired) electrons. The van der Waals surface area contributed by atoms with Crippen molar-refractivity contribution in [2.24, 2.45) is 5.10 Å². The fraction of sp³-hybridized carbons (Fsp3) is 0.0870. The lowest BCUT2D eigenvalue weighted by Gasteiger charge is -2.09. The van der Waals surface area contributed by atoms with Gasteiger partial charge in [-0.05, 0) is 72.3 Å². The summed E-state index contributed by atoms with van der Waals surface area (Å²) in [5, 5.41) is 3.94. The minimum atomic E-state index is -0.524.